The Bertz CT molecular complexity index is 1660. The Morgan fingerprint density at radius 1 is 0.974 bits per heavy atom. The largest absolute Gasteiger partial charge is 0.497 e. The molecule has 0 saturated carbocycles. The number of rotatable bonds is 9. The maximum Gasteiger partial charge on any atom is 0.266 e. The van der Waals surface area contributed by atoms with Crippen LogP contribution in [-0.4, -0.2) is 34.6 Å². The Balaban J connectivity index is 1.75. The maximum absolute atomic E-state index is 14.1. The molecule has 3 aromatic carbocycles. The Hall–Kier alpha value is -4.85. The van der Waals surface area contributed by atoms with E-state index in [0.29, 0.717) is 51.7 Å². The van der Waals surface area contributed by atoms with Gasteiger partial charge in [-0.3, -0.25) is 14.2 Å². The predicted molar refractivity (Wildman–Crippen MR) is 148 cm³/mol. The first-order valence-electron chi connectivity index (χ1n) is 12.7. The summed E-state index contributed by atoms with van der Waals surface area (Å²) in [6.45, 7) is 2.14. The molecular formula is C31H29N3O5. The molecule has 1 amide bonds. The number of amides is 1. The summed E-state index contributed by atoms with van der Waals surface area (Å²) in [5, 5.41) is 0.471. The summed E-state index contributed by atoms with van der Waals surface area (Å²) < 4.78 is 18.2. The number of hydrogen-bond donors (Lipinski definition) is 0. The maximum atomic E-state index is 14.1. The van der Waals surface area contributed by atoms with Crippen LogP contribution in [0.1, 0.15) is 41.3 Å². The van der Waals surface area contributed by atoms with Crippen LogP contribution in [0, 0.1) is 0 Å². The van der Waals surface area contributed by atoms with Crippen LogP contribution in [0.15, 0.2) is 100 Å². The van der Waals surface area contributed by atoms with E-state index < -0.39 is 6.04 Å². The van der Waals surface area contributed by atoms with Crippen molar-refractivity contribution in [3.63, 3.8) is 0 Å². The van der Waals surface area contributed by atoms with Gasteiger partial charge in [-0.1, -0.05) is 37.3 Å². The minimum Gasteiger partial charge on any atom is -0.497 e. The van der Waals surface area contributed by atoms with Crippen LogP contribution in [0.2, 0.25) is 0 Å². The van der Waals surface area contributed by atoms with Crippen LogP contribution >= 0.6 is 0 Å². The van der Waals surface area contributed by atoms with Gasteiger partial charge in [0.15, 0.2) is 0 Å². The first-order valence-corrected chi connectivity index (χ1v) is 12.7. The number of methoxy groups -OCH3 is 2. The summed E-state index contributed by atoms with van der Waals surface area (Å²) in [6, 6.07) is 24.5. The summed E-state index contributed by atoms with van der Waals surface area (Å²) in [5.41, 5.74) is 1.30. The molecule has 39 heavy (non-hydrogen) atoms. The van der Waals surface area contributed by atoms with Crippen LogP contribution in [0.4, 0.5) is 0 Å². The Morgan fingerprint density at radius 2 is 1.77 bits per heavy atom. The van der Waals surface area contributed by atoms with Crippen LogP contribution in [-0.2, 0) is 6.54 Å². The van der Waals surface area contributed by atoms with E-state index >= 15 is 0 Å². The highest BCUT2D eigenvalue weighted by atomic mass is 16.5. The molecular weight excluding hydrogens is 494 g/mol. The average Bonchev–Trinajstić information content (AvgIpc) is 3.50. The van der Waals surface area contributed by atoms with Gasteiger partial charge in [0.2, 0.25) is 0 Å². The third kappa shape index (κ3) is 5.01. The van der Waals surface area contributed by atoms with Gasteiger partial charge in [-0.15, -0.1) is 0 Å². The lowest BCUT2D eigenvalue weighted by molar-refractivity contribution is 0.0623. The van der Waals surface area contributed by atoms with Gasteiger partial charge >= 0.3 is 0 Å². The van der Waals surface area contributed by atoms with Crippen molar-refractivity contribution in [2.45, 2.75) is 25.9 Å². The molecule has 0 aliphatic carbocycles. The van der Waals surface area contributed by atoms with E-state index in [0.717, 1.165) is 0 Å². The highest BCUT2D eigenvalue weighted by molar-refractivity contribution is 5.95. The normalized spacial score (nSPS) is 11.8. The fourth-order valence-electron chi connectivity index (χ4n) is 4.78. The van der Waals surface area contributed by atoms with Crippen LogP contribution in [0.3, 0.4) is 0 Å². The lowest BCUT2D eigenvalue weighted by Crippen LogP contribution is -2.38. The molecule has 0 aliphatic rings. The second kappa shape index (κ2) is 11.3. The van der Waals surface area contributed by atoms with Gasteiger partial charge < -0.3 is 18.8 Å². The molecule has 8 nitrogen and oxygen atoms in total. The number of furan rings is 1. The molecule has 5 aromatic rings. The van der Waals surface area contributed by atoms with E-state index in [1.165, 1.54) is 0 Å². The fraction of sp³-hybridized carbons (Fsp3) is 0.194. The summed E-state index contributed by atoms with van der Waals surface area (Å²) >= 11 is 0. The van der Waals surface area contributed by atoms with E-state index in [2.05, 4.69) is 0 Å². The number of aromatic nitrogens is 2. The number of ether oxygens (including phenoxy) is 2. The Labute approximate surface area is 226 Å². The Kier molecular flexibility index (Phi) is 7.45. The van der Waals surface area contributed by atoms with Crippen molar-refractivity contribution in [1.82, 2.24) is 14.5 Å². The van der Waals surface area contributed by atoms with Crippen molar-refractivity contribution >= 4 is 16.8 Å². The molecule has 0 fully saturated rings. The number of carbonyl (C=O) groups excluding carboxylic acids is 1. The second-order valence-electron chi connectivity index (χ2n) is 8.97. The van der Waals surface area contributed by atoms with E-state index in [1.54, 1.807) is 78.5 Å². The van der Waals surface area contributed by atoms with Crippen LogP contribution in [0.5, 0.6) is 11.5 Å². The van der Waals surface area contributed by atoms with Gasteiger partial charge in [0.05, 0.1) is 49.7 Å². The SMILES string of the molecule is CCC(c1nc2ccccc2c(=O)n1-c1ccccc1OC)N(Cc1ccco1)C(=O)c1cccc(OC)c1. The number of benzene rings is 3. The smallest absolute Gasteiger partial charge is 0.266 e. The zero-order chi connectivity index (χ0) is 27.4. The predicted octanol–water partition coefficient (Wildman–Crippen LogP) is 5.79. The van der Waals surface area contributed by atoms with Crippen LogP contribution < -0.4 is 15.0 Å². The summed E-state index contributed by atoms with van der Waals surface area (Å²) in [7, 11) is 3.12. The monoisotopic (exact) mass is 523 g/mol. The van der Waals surface area contributed by atoms with E-state index in [9.17, 15) is 9.59 Å². The van der Waals surface area contributed by atoms with Gasteiger partial charge in [0, 0.05) is 5.56 Å². The quantitative estimate of drug-likeness (QED) is 0.243. The molecule has 2 heterocycles. The number of hydrogen-bond acceptors (Lipinski definition) is 6. The first kappa shape index (κ1) is 25.8. The van der Waals surface area contributed by atoms with E-state index in [1.807, 2.05) is 43.3 Å². The highest BCUT2D eigenvalue weighted by Crippen LogP contribution is 2.32. The van der Waals surface area contributed by atoms with Crippen molar-refractivity contribution in [2.75, 3.05) is 14.2 Å². The topological polar surface area (TPSA) is 86.8 Å². The molecule has 0 N–H and O–H groups in total. The van der Waals surface area contributed by atoms with Crippen molar-refractivity contribution in [3.05, 3.63) is 119 Å². The summed E-state index contributed by atoms with van der Waals surface area (Å²) in [5.74, 6) is 1.88. The van der Waals surface area contributed by atoms with Gasteiger partial charge in [-0.2, -0.15) is 0 Å². The average molecular weight is 524 g/mol. The van der Waals surface area contributed by atoms with Gasteiger partial charge in [0.1, 0.15) is 23.1 Å². The van der Waals surface area contributed by atoms with E-state index in [-0.39, 0.29) is 18.0 Å². The van der Waals surface area contributed by atoms with Crippen molar-refractivity contribution in [2.24, 2.45) is 0 Å². The molecule has 1 atom stereocenters. The molecule has 0 saturated heterocycles. The number of para-hydroxylation sites is 3. The third-order valence-corrected chi connectivity index (χ3v) is 6.67. The molecule has 0 spiro atoms. The van der Waals surface area contributed by atoms with Crippen molar-refractivity contribution < 1.29 is 18.7 Å². The highest BCUT2D eigenvalue weighted by Gasteiger charge is 2.31. The second-order valence-corrected chi connectivity index (χ2v) is 8.97. The van der Waals surface area contributed by atoms with Gasteiger partial charge in [-0.25, -0.2) is 4.98 Å². The molecule has 0 radical (unpaired) electrons. The minimum atomic E-state index is -0.587. The summed E-state index contributed by atoms with van der Waals surface area (Å²) in [4.78, 5) is 34.8. The van der Waals surface area contributed by atoms with Gasteiger partial charge in [0.25, 0.3) is 11.5 Å². The molecule has 0 bridgehead atoms. The zero-order valence-corrected chi connectivity index (χ0v) is 22.0. The number of nitrogens with zero attached hydrogens (tertiary/aromatic N) is 3. The molecule has 0 aliphatic heterocycles. The molecule has 1 unspecified atom stereocenters. The molecule has 8 heteroatoms. The lowest BCUT2D eigenvalue weighted by Gasteiger charge is -2.32. The van der Waals surface area contributed by atoms with E-state index in [4.69, 9.17) is 18.9 Å². The molecule has 5 rings (SSSR count). The number of fused-ring (bicyclic) bond motifs is 1. The van der Waals surface area contributed by atoms with Crippen molar-refractivity contribution in [1.29, 1.82) is 0 Å². The fourth-order valence-corrected chi connectivity index (χ4v) is 4.78. The third-order valence-electron chi connectivity index (χ3n) is 6.67. The lowest BCUT2D eigenvalue weighted by atomic mass is 10.1. The standard InChI is InChI=1S/C31H29N3O5/c1-4-26(33(20-23-13-10-18-39-23)30(35)21-11-9-12-22(19-21)37-2)29-32-25-15-6-5-14-24(25)31(36)34(29)27-16-7-8-17-28(27)38-3/h5-19,26H,4,20H2,1-3H3. The zero-order valence-electron chi connectivity index (χ0n) is 22.0. The first-order chi connectivity index (χ1) is 19.0. The summed E-state index contributed by atoms with van der Waals surface area (Å²) in [6.07, 6.45) is 2.06. The molecule has 198 valence electrons. The minimum absolute atomic E-state index is 0.177. The van der Waals surface area contributed by atoms with Crippen LogP contribution in [0.25, 0.3) is 16.6 Å². The van der Waals surface area contributed by atoms with Crippen molar-refractivity contribution in [3.8, 4) is 17.2 Å². The Morgan fingerprint density at radius 3 is 2.51 bits per heavy atom. The molecule has 2 aromatic heterocycles. The van der Waals surface area contributed by atoms with Gasteiger partial charge in [-0.05, 0) is 61.0 Å². The number of carbonyl (C=O) groups is 1.